The van der Waals surface area contributed by atoms with Gasteiger partial charge in [0.25, 0.3) is 0 Å². The molecule has 2 aromatic heterocycles. The van der Waals surface area contributed by atoms with E-state index in [1.807, 2.05) is 0 Å². The van der Waals surface area contributed by atoms with Crippen molar-refractivity contribution in [2.75, 3.05) is 12.3 Å². The summed E-state index contributed by atoms with van der Waals surface area (Å²) < 4.78 is 5.46. The van der Waals surface area contributed by atoms with E-state index in [4.69, 9.17) is 15.6 Å². The Balaban J connectivity index is 1.94. The lowest BCUT2D eigenvalue weighted by molar-refractivity contribution is -0.0529. The molecule has 1 aliphatic rings. The molecule has 8 heteroatoms. The highest BCUT2D eigenvalue weighted by Crippen LogP contribution is 2.28. The number of hydrogen-bond acceptors (Lipinski definition) is 7. The molecule has 3 heterocycles. The maximum absolute atomic E-state index is 9.66. The van der Waals surface area contributed by atoms with Crippen LogP contribution in [0.25, 0.3) is 11.0 Å². The minimum absolute atomic E-state index is 0.234. The molecule has 0 aliphatic carbocycles. The first-order valence-corrected chi connectivity index (χ1v) is 5.60. The molecule has 0 amide bonds. The number of aliphatic hydroxyl groups is 2. The van der Waals surface area contributed by atoms with E-state index in [-0.39, 0.29) is 6.61 Å². The van der Waals surface area contributed by atoms with Crippen molar-refractivity contribution in [3.63, 3.8) is 0 Å². The highest BCUT2D eigenvalue weighted by atomic mass is 16.5. The number of pyridine rings is 1. The van der Waals surface area contributed by atoms with Gasteiger partial charge in [0.05, 0.1) is 12.7 Å². The van der Waals surface area contributed by atoms with Crippen molar-refractivity contribution in [3.8, 4) is 0 Å². The summed E-state index contributed by atoms with van der Waals surface area (Å²) in [7, 11) is 0. The first-order valence-electron chi connectivity index (χ1n) is 5.60. The van der Waals surface area contributed by atoms with Crippen LogP contribution in [0.3, 0.4) is 0 Å². The maximum Gasteiger partial charge on any atom is 0.172 e. The molecule has 0 bridgehead atoms. The Morgan fingerprint density at radius 1 is 1.50 bits per heavy atom. The molecule has 0 radical (unpaired) electrons. The number of ether oxygens (including phenoxy) is 1. The predicted molar refractivity (Wildman–Crippen MR) is 61.4 cm³/mol. The van der Waals surface area contributed by atoms with Gasteiger partial charge in [-0.05, 0) is 6.07 Å². The zero-order valence-electron chi connectivity index (χ0n) is 9.47. The summed E-state index contributed by atoms with van der Waals surface area (Å²) in [5.41, 5.74) is 6.81. The van der Waals surface area contributed by atoms with E-state index in [9.17, 15) is 5.11 Å². The fourth-order valence-corrected chi connectivity index (χ4v) is 2.03. The van der Waals surface area contributed by atoms with E-state index in [1.165, 1.54) is 4.80 Å². The third-order valence-corrected chi connectivity index (χ3v) is 2.99. The molecule has 18 heavy (non-hydrogen) atoms. The highest BCUT2D eigenvalue weighted by molar-refractivity contribution is 5.83. The normalized spacial score (nSPS) is 28.0. The average Bonchev–Trinajstić information content (AvgIpc) is 2.93. The summed E-state index contributed by atoms with van der Waals surface area (Å²) in [6.07, 6.45) is 0.0741. The molecule has 0 aromatic carbocycles. The number of hydrogen-bond donors (Lipinski definition) is 3. The van der Waals surface area contributed by atoms with Gasteiger partial charge in [0.15, 0.2) is 17.6 Å². The van der Waals surface area contributed by atoms with Gasteiger partial charge in [-0.3, -0.25) is 0 Å². The summed E-state index contributed by atoms with van der Waals surface area (Å²) in [6, 6.07) is 1.70. The molecule has 1 aliphatic heterocycles. The van der Waals surface area contributed by atoms with Gasteiger partial charge in [0, 0.05) is 12.6 Å². The van der Waals surface area contributed by atoms with E-state index in [2.05, 4.69) is 15.2 Å². The van der Waals surface area contributed by atoms with E-state index >= 15 is 0 Å². The van der Waals surface area contributed by atoms with Gasteiger partial charge >= 0.3 is 0 Å². The van der Waals surface area contributed by atoms with Gasteiger partial charge in [-0.25, -0.2) is 4.98 Å². The molecule has 0 unspecified atom stereocenters. The number of anilines is 1. The summed E-state index contributed by atoms with van der Waals surface area (Å²) >= 11 is 0. The van der Waals surface area contributed by atoms with Gasteiger partial charge in [0.2, 0.25) is 0 Å². The summed E-state index contributed by atoms with van der Waals surface area (Å²) in [5.74, 6) is 0.302. The quantitative estimate of drug-likeness (QED) is 0.629. The highest BCUT2D eigenvalue weighted by Gasteiger charge is 2.35. The third-order valence-electron chi connectivity index (χ3n) is 2.99. The van der Waals surface area contributed by atoms with Crippen molar-refractivity contribution in [3.05, 3.63) is 12.3 Å². The number of nitrogens with two attached hydrogens (primary N) is 1. The Morgan fingerprint density at radius 2 is 2.33 bits per heavy atom. The van der Waals surface area contributed by atoms with Crippen molar-refractivity contribution in [1.82, 2.24) is 20.0 Å². The lowest BCUT2D eigenvalue weighted by atomic mass is 10.2. The third kappa shape index (κ3) is 1.70. The van der Waals surface area contributed by atoms with Crippen molar-refractivity contribution in [2.45, 2.75) is 24.9 Å². The minimum Gasteiger partial charge on any atom is -0.394 e. The van der Waals surface area contributed by atoms with E-state index in [0.29, 0.717) is 23.3 Å². The molecule has 2 aromatic rings. The zero-order chi connectivity index (χ0) is 12.7. The lowest BCUT2D eigenvalue weighted by Gasteiger charge is -2.10. The molecule has 0 spiro atoms. The van der Waals surface area contributed by atoms with Crippen LogP contribution in [0, 0.1) is 0 Å². The number of fused-ring (bicyclic) bond motifs is 1. The van der Waals surface area contributed by atoms with Crippen LogP contribution in [0.4, 0.5) is 5.82 Å². The number of nitrogens with zero attached hydrogens (tertiary/aromatic N) is 4. The monoisotopic (exact) mass is 251 g/mol. The van der Waals surface area contributed by atoms with Crippen molar-refractivity contribution < 1.29 is 14.9 Å². The number of rotatable bonds is 2. The van der Waals surface area contributed by atoms with Crippen molar-refractivity contribution in [2.24, 2.45) is 0 Å². The molecule has 4 N–H and O–H groups in total. The molecular weight excluding hydrogens is 238 g/mol. The number of nitrogen functional groups attached to an aromatic ring is 1. The van der Waals surface area contributed by atoms with E-state index in [0.717, 1.165) is 0 Å². The smallest absolute Gasteiger partial charge is 0.172 e. The summed E-state index contributed by atoms with van der Waals surface area (Å²) in [6.45, 7) is -0.234. The Bertz CT molecular complexity index is 572. The Labute approximate surface area is 102 Å². The maximum atomic E-state index is 9.66. The van der Waals surface area contributed by atoms with Crippen molar-refractivity contribution in [1.29, 1.82) is 0 Å². The van der Waals surface area contributed by atoms with Crippen LogP contribution < -0.4 is 5.73 Å². The first-order chi connectivity index (χ1) is 8.69. The van der Waals surface area contributed by atoms with Crippen LogP contribution in [0.2, 0.25) is 0 Å². The average molecular weight is 251 g/mol. The van der Waals surface area contributed by atoms with E-state index < -0.39 is 18.4 Å². The molecule has 1 saturated heterocycles. The summed E-state index contributed by atoms with van der Waals surface area (Å²) in [4.78, 5) is 5.29. The second kappa shape index (κ2) is 4.16. The zero-order valence-corrected chi connectivity index (χ0v) is 9.47. The topological polar surface area (TPSA) is 119 Å². The van der Waals surface area contributed by atoms with Gasteiger partial charge < -0.3 is 20.7 Å². The predicted octanol–water partition coefficient (Wildman–Crippen LogP) is -0.951. The van der Waals surface area contributed by atoms with Crippen LogP contribution in [0.1, 0.15) is 12.6 Å². The fraction of sp³-hybridized carbons (Fsp3) is 0.500. The van der Waals surface area contributed by atoms with Crippen molar-refractivity contribution >= 4 is 16.9 Å². The van der Waals surface area contributed by atoms with Gasteiger partial charge in [-0.1, -0.05) is 0 Å². The minimum atomic E-state index is -0.718. The van der Waals surface area contributed by atoms with Crippen LogP contribution in [0.15, 0.2) is 12.3 Å². The van der Waals surface area contributed by atoms with Gasteiger partial charge in [0.1, 0.15) is 11.6 Å². The van der Waals surface area contributed by atoms with Crippen LogP contribution >= 0.6 is 0 Å². The molecule has 3 rings (SSSR count). The van der Waals surface area contributed by atoms with Crippen LogP contribution in [-0.2, 0) is 4.74 Å². The number of aliphatic hydroxyl groups excluding tert-OH is 2. The van der Waals surface area contributed by atoms with Gasteiger partial charge in [-0.2, -0.15) is 9.90 Å². The second-order valence-electron chi connectivity index (χ2n) is 4.20. The first kappa shape index (κ1) is 11.3. The van der Waals surface area contributed by atoms with Crippen LogP contribution in [-0.4, -0.2) is 49.0 Å². The fourth-order valence-electron chi connectivity index (χ4n) is 2.03. The molecule has 8 nitrogen and oxygen atoms in total. The molecule has 1 fully saturated rings. The number of aromatic nitrogens is 4. The SMILES string of the molecule is Nc1nccc2nn([C@H]3C[C@H](O)[C@@H](CO)O3)nc12. The van der Waals surface area contributed by atoms with E-state index in [1.54, 1.807) is 12.3 Å². The molecular formula is C10H13N5O3. The van der Waals surface area contributed by atoms with Crippen LogP contribution in [0.5, 0.6) is 0 Å². The lowest BCUT2D eigenvalue weighted by Crippen LogP contribution is -2.24. The summed E-state index contributed by atoms with van der Waals surface area (Å²) in [5, 5.41) is 27.1. The Kier molecular flexibility index (Phi) is 2.62. The Morgan fingerprint density at radius 3 is 3.00 bits per heavy atom. The Hall–Kier alpha value is -1.77. The molecule has 3 atom stereocenters. The largest absolute Gasteiger partial charge is 0.394 e. The van der Waals surface area contributed by atoms with Gasteiger partial charge in [-0.15, -0.1) is 5.10 Å². The molecule has 96 valence electrons. The molecule has 0 saturated carbocycles. The second-order valence-corrected chi connectivity index (χ2v) is 4.20. The standard InChI is InChI=1S/C10H13N5O3/c11-10-9-5(1-2-12-10)13-15(14-9)8-3-6(17)7(4-16)18-8/h1-2,6-8,16-17H,3-4H2,(H2,11,12)/t6-,7+,8+/m0/s1.